The summed E-state index contributed by atoms with van der Waals surface area (Å²) in [7, 11) is -3.72. The highest BCUT2D eigenvalue weighted by molar-refractivity contribution is 7.89. The van der Waals surface area contributed by atoms with Crippen LogP contribution in [0.25, 0.3) is 0 Å². The highest BCUT2D eigenvalue weighted by Gasteiger charge is 2.33. The molecular formula is C14H17FN2O2S. The lowest BCUT2D eigenvalue weighted by atomic mass is 9.98. The lowest BCUT2D eigenvalue weighted by Crippen LogP contribution is -2.37. The summed E-state index contributed by atoms with van der Waals surface area (Å²) in [5.41, 5.74) is -0.263. The molecule has 0 heterocycles. The zero-order valence-electron chi connectivity index (χ0n) is 11.4. The average molecular weight is 296 g/mol. The van der Waals surface area contributed by atoms with Crippen molar-refractivity contribution in [3.05, 3.63) is 29.6 Å². The molecule has 1 fully saturated rings. The predicted molar refractivity (Wildman–Crippen MR) is 72.8 cm³/mol. The van der Waals surface area contributed by atoms with Crippen molar-refractivity contribution in [2.24, 2.45) is 11.8 Å². The third-order valence-corrected chi connectivity index (χ3v) is 5.63. The Bertz CT molecular complexity index is 652. The maximum Gasteiger partial charge on any atom is 0.240 e. The van der Waals surface area contributed by atoms with Gasteiger partial charge in [-0.1, -0.05) is 13.8 Å². The molecule has 1 N–H and O–H groups in total. The lowest BCUT2D eigenvalue weighted by molar-refractivity contribution is 0.402. The third-order valence-electron chi connectivity index (χ3n) is 4.14. The zero-order chi connectivity index (χ0) is 14.9. The topological polar surface area (TPSA) is 70.0 Å². The number of hydrogen-bond acceptors (Lipinski definition) is 3. The Morgan fingerprint density at radius 1 is 1.35 bits per heavy atom. The molecule has 0 bridgehead atoms. The number of nitrogens with one attached hydrogen (secondary N) is 1. The molecule has 20 heavy (non-hydrogen) atoms. The largest absolute Gasteiger partial charge is 0.240 e. The van der Waals surface area contributed by atoms with Crippen LogP contribution >= 0.6 is 0 Å². The van der Waals surface area contributed by atoms with Gasteiger partial charge in [0.2, 0.25) is 10.0 Å². The third kappa shape index (κ3) is 2.84. The van der Waals surface area contributed by atoms with E-state index in [0.717, 1.165) is 25.0 Å². The second-order valence-corrected chi connectivity index (χ2v) is 7.11. The van der Waals surface area contributed by atoms with Crippen molar-refractivity contribution in [1.82, 2.24) is 4.72 Å². The number of nitriles is 1. The average Bonchev–Trinajstić information content (AvgIpc) is 2.70. The van der Waals surface area contributed by atoms with Gasteiger partial charge < -0.3 is 0 Å². The van der Waals surface area contributed by atoms with Crippen molar-refractivity contribution in [3.63, 3.8) is 0 Å². The van der Waals surface area contributed by atoms with E-state index in [-0.39, 0.29) is 22.4 Å². The number of benzene rings is 1. The van der Waals surface area contributed by atoms with Gasteiger partial charge in [-0.3, -0.25) is 0 Å². The van der Waals surface area contributed by atoms with Gasteiger partial charge in [-0.05, 0) is 42.9 Å². The van der Waals surface area contributed by atoms with Crippen LogP contribution < -0.4 is 4.72 Å². The van der Waals surface area contributed by atoms with Gasteiger partial charge in [-0.2, -0.15) is 5.26 Å². The molecule has 0 saturated heterocycles. The Labute approximate surface area is 118 Å². The zero-order valence-corrected chi connectivity index (χ0v) is 12.2. The van der Waals surface area contributed by atoms with E-state index in [2.05, 4.69) is 11.6 Å². The summed E-state index contributed by atoms with van der Waals surface area (Å²) in [6.45, 7) is 4.13. The Hall–Kier alpha value is -1.45. The molecule has 2 rings (SSSR count). The Morgan fingerprint density at radius 3 is 2.60 bits per heavy atom. The van der Waals surface area contributed by atoms with E-state index in [0.29, 0.717) is 5.92 Å². The maximum atomic E-state index is 13.2. The first-order valence-electron chi connectivity index (χ1n) is 6.57. The lowest BCUT2D eigenvalue weighted by Gasteiger charge is -2.19. The molecule has 1 aliphatic carbocycles. The minimum Gasteiger partial charge on any atom is -0.208 e. The summed E-state index contributed by atoms with van der Waals surface area (Å²) in [6, 6.07) is 4.80. The molecule has 1 aliphatic rings. The fourth-order valence-corrected chi connectivity index (χ4v) is 3.94. The van der Waals surface area contributed by atoms with Crippen LogP contribution in [0, 0.1) is 29.0 Å². The van der Waals surface area contributed by atoms with Crippen LogP contribution in [-0.2, 0) is 10.0 Å². The van der Waals surface area contributed by atoms with E-state index >= 15 is 0 Å². The first-order valence-corrected chi connectivity index (χ1v) is 8.05. The van der Waals surface area contributed by atoms with Gasteiger partial charge in [0.25, 0.3) is 0 Å². The monoisotopic (exact) mass is 296 g/mol. The summed E-state index contributed by atoms with van der Waals surface area (Å²) < 4.78 is 40.5. The van der Waals surface area contributed by atoms with Crippen molar-refractivity contribution < 1.29 is 12.8 Å². The standard InChI is InChI=1S/C14H17FN2O2S/c1-9-3-6-14(10(9)2)17-20(18,19)12-4-5-13(15)11(7-12)8-16/h4-5,7,9-10,14,17H,3,6H2,1-2H3. The van der Waals surface area contributed by atoms with Crippen molar-refractivity contribution >= 4 is 10.0 Å². The van der Waals surface area contributed by atoms with Gasteiger partial charge in [-0.15, -0.1) is 0 Å². The summed E-state index contributed by atoms with van der Waals surface area (Å²) >= 11 is 0. The normalized spacial score (nSPS) is 26.4. The Morgan fingerprint density at radius 2 is 2.05 bits per heavy atom. The van der Waals surface area contributed by atoms with Crippen molar-refractivity contribution in [3.8, 4) is 6.07 Å². The molecule has 3 atom stereocenters. The minimum absolute atomic E-state index is 0.0674. The highest BCUT2D eigenvalue weighted by atomic mass is 32.2. The van der Waals surface area contributed by atoms with Crippen molar-refractivity contribution in [2.75, 3.05) is 0 Å². The maximum absolute atomic E-state index is 13.2. The van der Waals surface area contributed by atoms with E-state index in [9.17, 15) is 12.8 Å². The fraction of sp³-hybridized carbons (Fsp3) is 0.500. The molecule has 6 heteroatoms. The number of hydrogen-bond donors (Lipinski definition) is 1. The van der Waals surface area contributed by atoms with Gasteiger partial charge in [0.15, 0.2) is 0 Å². The number of nitrogens with zero attached hydrogens (tertiary/aromatic N) is 1. The molecule has 0 radical (unpaired) electrons. The van der Waals surface area contributed by atoms with E-state index in [1.54, 1.807) is 6.07 Å². The van der Waals surface area contributed by atoms with Crippen LogP contribution in [0.1, 0.15) is 32.3 Å². The molecule has 0 amide bonds. The van der Waals surface area contributed by atoms with Gasteiger partial charge in [0.05, 0.1) is 10.5 Å². The van der Waals surface area contributed by atoms with E-state index in [1.807, 2.05) is 6.92 Å². The molecule has 1 aromatic rings. The Balaban J connectivity index is 2.25. The van der Waals surface area contributed by atoms with Gasteiger partial charge >= 0.3 is 0 Å². The fourth-order valence-electron chi connectivity index (χ4n) is 2.56. The molecule has 3 unspecified atom stereocenters. The predicted octanol–water partition coefficient (Wildman–Crippen LogP) is 2.41. The van der Waals surface area contributed by atoms with Gasteiger partial charge in [-0.25, -0.2) is 17.5 Å². The minimum atomic E-state index is -3.72. The van der Waals surface area contributed by atoms with Crippen LogP contribution in [0.5, 0.6) is 0 Å². The number of sulfonamides is 1. The van der Waals surface area contributed by atoms with Crippen molar-refractivity contribution in [1.29, 1.82) is 5.26 Å². The first-order chi connectivity index (χ1) is 9.35. The molecule has 108 valence electrons. The first kappa shape index (κ1) is 14.9. The summed E-state index contributed by atoms with van der Waals surface area (Å²) in [6.07, 6.45) is 1.79. The Kier molecular flexibility index (Phi) is 4.11. The SMILES string of the molecule is CC1CCC(NS(=O)(=O)c2ccc(F)c(C#N)c2)C1C. The summed E-state index contributed by atoms with van der Waals surface area (Å²) in [5, 5.41) is 8.76. The number of rotatable bonds is 3. The van der Waals surface area contributed by atoms with Crippen LogP contribution in [0.3, 0.4) is 0 Å². The second-order valence-electron chi connectivity index (χ2n) is 5.39. The molecule has 0 spiro atoms. The summed E-state index contributed by atoms with van der Waals surface area (Å²) in [4.78, 5) is -0.0674. The summed E-state index contributed by atoms with van der Waals surface area (Å²) in [5.74, 6) is 0.0283. The van der Waals surface area contributed by atoms with Gasteiger partial charge in [0, 0.05) is 6.04 Å². The molecule has 1 aromatic carbocycles. The highest BCUT2D eigenvalue weighted by Crippen LogP contribution is 2.32. The van der Waals surface area contributed by atoms with Gasteiger partial charge in [0.1, 0.15) is 11.9 Å². The second kappa shape index (κ2) is 5.51. The van der Waals surface area contributed by atoms with Crippen LogP contribution in [0.4, 0.5) is 4.39 Å². The van der Waals surface area contributed by atoms with E-state index in [1.165, 1.54) is 6.07 Å². The quantitative estimate of drug-likeness (QED) is 0.931. The van der Waals surface area contributed by atoms with E-state index in [4.69, 9.17) is 5.26 Å². The number of halogens is 1. The molecule has 0 aromatic heterocycles. The van der Waals surface area contributed by atoms with Crippen LogP contribution in [-0.4, -0.2) is 14.5 Å². The molecule has 0 aliphatic heterocycles. The molecule has 4 nitrogen and oxygen atoms in total. The van der Waals surface area contributed by atoms with Crippen LogP contribution in [0.2, 0.25) is 0 Å². The van der Waals surface area contributed by atoms with Crippen LogP contribution in [0.15, 0.2) is 23.1 Å². The molecular weight excluding hydrogens is 279 g/mol. The van der Waals surface area contributed by atoms with E-state index < -0.39 is 15.8 Å². The van der Waals surface area contributed by atoms with Crippen molar-refractivity contribution in [2.45, 2.75) is 37.6 Å². The molecule has 1 saturated carbocycles. The smallest absolute Gasteiger partial charge is 0.208 e.